The van der Waals surface area contributed by atoms with Crippen LogP contribution >= 0.6 is 11.6 Å². The lowest BCUT2D eigenvalue weighted by Crippen LogP contribution is -2.53. The smallest absolute Gasteiger partial charge is 0.337 e. The quantitative estimate of drug-likeness (QED) is 0.113. The third-order valence-corrected chi connectivity index (χ3v) is 9.16. The second-order valence-electron chi connectivity index (χ2n) is 10.2. The van der Waals surface area contributed by atoms with Gasteiger partial charge in [-0.25, -0.2) is 22.4 Å². The average Bonchev–Trinajstić information content (AvgIpc) is 3.05. The van der Waals surface area contributed by atoms with Crippen LogP contribution in [0.25, 0.3) is 11.1 Å². The molecule has 1 heterocycles. The number of barbiturate groups is 1. The number of benzene rings is 3. The third kappa shape index (κ3) is 7.50. The van der Waals surface area contributed by atoms with Gasteiger partial charge in [0.15, 0.2) is 5.75 Å². The summed E-state index contributed by atoms with van der Waals surface area (Å²) in [6, 6.07) is 13.8. The predicted molar refractivity (Wildman–Crippen MR) is 169 cm³/mol. The summed E-state index contributed by atoms with van der Waals surface area (Å²) in [6.07, 6.45) is 0.204. The van der Waals surface area contributed by atoms with E-state index in [1.54, 1.807) is 30.3 Å². The molecule has 4 rings (SSSR count). The maximum absolute atomic E-state index is 15.4. The number of ether oxygens (including phenoxy) is 2. The lowest BCUT2D eigenvalue weighted by molar-refractivity contribution is -0.142. The molecule has 0 spiro atoms. The van der Waals surface area contributed by atoms with Gasteiger partial charge in [-0.15, -0.1) is 6.58 Å². The number of sulfonamides is 1. The molecule has 0 N–H and O–H groups in total. The van der Waals surface area contributed by atoms with Gasteiger partial charge in [0.2, 0.25) is 11.8 Å². The Kier molecular flexibility index (Phi) is 10.8. The van der Waals surface area contributed by atoms with Crippen LogP contribution in [0.2, 0.25) is 5.02 Å². The fourth-order valence-electron chi connectivity index (χ4n) is 4.67. The lowest BCUT2D eigenvalue weighted by atomic mass is 10.1. The first-order valence-electron chi connectivity index (χ1n) is 14.0. The van der Waals surface area contributed by atoms with Gasteiger partial charge in [0.1, 0.15) is 17.1 Å². The minimum Gasteiger partial charge on any atom is -0.465 e. The maximum atomic E-state index is 15.4. The zero-order valence-electron chi connectivity index (χ0n) is 25.3. The molecule has 0 aliphatic carbocycles. The maximum Gasteiger partial charge on any atom is 0.337 e. The summed E-state index contributed by atoms with van der Waals surface area (Å²) < 4.78 is 54.7. The number of urea groups is 1. The van der Waals surface area contributed by atoms with Gasteiger partial charge in [-0.1, -0.05) is 54.1 Å². The van der Waals surface area contributed by atoms with Gasteiger partial charge in [-0.2, -0.15) is 0 Å². The molecule has 0 bridgehead atoms. The van der Waals surface area contributed by atoms with Crippen molar-refractivity contribution in [3.63, 3.8) is 0 Å². The van der Waals surface area contributed by atoms with E-state index >= 15 is 4.39 Å². The van der Waals surface area contributed by atoms with Crippen molar-refractivity contribution >= 4 is 57.1 Å². The van der Waals surface area contributed by atoms with E-state index in [2.05, 4.69) is 6.58 Å². The second kappa shape index (κ2) is 14.6. The molecule has 15 heteroatoms. The number of hydrogen-bond acceptors (Lipinski definition) is 9. The van der Waals surface area contributed by atoms with E-state index in [4.69, 9.17) is 21.1 Å². The summed E-state index contributed by atoms with van der Waals surface area (Å²) in [5, 5.41) is -0.446. The molecule has 1 fully saturated rings. The Morgan fingerprint density at radius 1 is 1.04 bits per heavy atom. The molecular formula is C32H29ClFN3O9S. The van der Waals surface area contributed by atoms with Crippen molar-refractivity contribution in [1.82, 2.24) is 9.80 Å². The van der Waals surface area contributed by atoms with Crippen LogP contribution < -0.4 is 9.04 Å². The predicted octanol–water partition coefficient (Wildman–Crippen LogP) is 4.81. The zero-order valence-corrected chi connectivity index (χ0v) is 26.8. The lowest BCUT2D eigenvalue weighted by Gasteiger charge is -2.30. The highest BCUT2D eigenvalue weighted by atomic mass is 35.5. The number of carbonyl (C=O) groups excluding carboxylic acids is 5. The molecule has 0 aromatic heterocycles. The first-order valence-corrected chi connectivity index (χ1v) is 15.8. The summed E-state index contributed by atoms with van der Waals surface area (Å²) in [4.78, 5) is 62.5. The number of nitrogens with zero attached hydrogens (tertiary/aromatic N) is 3. The van der Waals surface area contributed by atoms with Crippen molar-refractivity contribution < 1.29 is 46.3 Å². The molecule has 0 radical (unpaired) electrons. The average molecular weight is 686 g/mol. The van der Waals surface area contributed by atoms with Gasteiger partial charge in [0.05, 0.1) is 29.9 Å². The van der Waals surface area contributed by atoms with Crippen molar-refractivity contribution in [1.29, 1.82) is 0 Å². The van der Waals surface area contributed by atoms with Crippen LogP contribution in [0.4, 0.5) is 14.9 Å². The van der Waals surface area contributed by atoms with Gasteiger partial charge in [0.25, 0.3) is 10.0 Å². The summed E-state index contributed by atoms with van der Waals surface area (Å²) in [6.45, 7) is 2.94. The Balaban J connectivity index is 1.70. The summed E-state index contributed by atoms with van der Waals surface area (Å²) in [7, 11) is -2.56. The van der Waals surface area contributed by atoms with E-state index in [9.17, 15) is 32.4 Å². The molecule has 3 aromatic carbocycles. The van der Waals surface area contributed by atoms with Crippen molar-refractivity contribution in [2.45, 2.75) is 24.2 Å². The highest BCUT2D eigenvalue weighted by Gasteiger charge is 2.36. The van der Waals surface area contributed by atoms with E-state index < -0.39 is 80.7 Å². The summed E-state index contributed by atoms with van der Waals surface area (Å²) in [5.74, 6) is -4.87. The monoisotopic (exact) mass is 685 g/mol. The Morgan fingerprint density at radius 3 is 2.40 bits per heavy atom. The van der Waals surface area contributed by atoms with E-state index in [1.807, 2.05) is 0 Å². The summed E-state index contributed by atoms with van der Waals surface area (Å²) >= 11 is 6.38. The molecule has 1 saturated heterocycles. The molecule has 1 aliphatic rings. The van der Waals surface area contributed by atoms with E-state index in [-0.39, 0.29) is 24.2 Å². The van der Waals surface area contributed by atoms with Crippen LogP contribution in [0.1, 0.15) is 29.6 Å². The van der Waals surface area contributed by atoms with Crippen molar-refractivity contribution in [3.05, 3.63) is 89.7 Å². The van der Waals surface area contributed by atoms with Crippen LogP contribution in [0.3, 0.4) is 0 Å². The SMILES string of the molecule is C=CCN(c1cc(-c2ccccc2)ccc1F)S(=O)(=O)c1cc(C(=O)OC)cc(Cl)c1OC(=O)CCCN1C(=O)CC(=O)N(C)C1=O. The molecule has 0 saturated carbocycles. The van der Waals surface area contributed by atoms with Gasteiger partial charge < -0.3 is 9.47 Å². The second-order valence-corrected chi connectivity index (χ2v) is 12.4. The normalized spacial score (nSPS) is 13.4. The largest absolute Gasteiger partial charge is 0.465 e. The van der Waals surface area contributed by atoms with Crippen LogP contribution in [-0.4, -0.2) is 75.2 Å². The molecule has 246 valence electrons. The highest BCUT2D eigenvalue weighted by molar-refractivity contribution is 7.93. The molecule has 3 aromatic rings. The minimum atomic E-state index is -4.85. The van der Waals surface area contributed by atoms with Gasteiger partial charge in [0, 0.05) is 20.0 Å². The van der Waals surface area contributed by atoms with Gasteiger partial charge >= 0.3 is 18.0 Å². The van der Waals surface area contributed by atoms with Gasteiger partial charge in [-0.05, 0) is 41.8 Å². The molecule has 0 atom stereocenters. The number of carbonyl (C=O) groups is 5. The van der Waals surface area contributed by atoms with Crippen molar-refractivity contribution in [3.8, 4) is 16.9 Å². The van der Waals surface area contributed by atoms with Crippen molar-refractivity contribution in [2.75, 3.05) is 31.6 Å². The Bertz CT molecular complexity index is 1870. The molecule has 12 nitrogen and oxygen atoms in total. The fraction of sp³-hybridized carbons (Fsp3) is 0.219. The number of methoxy groups -OCH3 is 1. The highest BCUT2D eigenvalue weighted by Crippen LogP contribution is 2.39. The van der Waals surface area contributed by atoms with E-state index in [0.29, 0.717) is 15.4 Å². The van der Waals surface area contributed by atoms with Crippen LogP contribution in [0.15, 0.2) is 78.2 Å². The zero-order chi connectivity index (χ0) is 34.5. The molecule has 1 aliphatic heterocycles. The number of rotatable bonds is 12. The molecule has 0 unspecified atom stereocenters. The molecular weight excluding hydrogens is 657 g/mol. The number of imide groups is 2. The fourth-order valence-corrected chi connectivity index (χ4v) is 6.59. The van der Waals surface area contributed by atoms with E-state index in [1.165, 1.54) is 25.3 Å². The Hall–Kier alpha value is -5.08. The first-order chi connectivity index (χ1) is 22.3. The van der Waals surface area contributed by atoms with Crippen LogP contribution in [0.5, 0.6) is 5.75 Å². The Morgan fingerprint density at radius 2 is 1.74 bits per heavy atom. The van der Waals surface area contributed by atoms with Crippen LogP contribution in [-0.2, 0) is 29.1 Å². The standard InChI is InChI=1S/C32H29ClFN3O9S/c1-4-14-37(25-17-21(12-13-24(25)34)20-9-6-5-7-10-20)47(43,44)26-18-22(31(41)45-3)16-23(33)30(26)46-29(40)11-8-15-36-28(39)19-27(38)35(2)32(36)42/h4-7,9-10,12-13,16-18H,1,8,11,14-15,19H2,2-3H3. The van der Waals surface area contributed by atoms with Crippen molar-refractivity contribution in [2.24, 2.45) is 0 Å². The number of halogens is 2. The number of esters is 2. The third-order valence-electron chi connectivity index (χ3n) is 7.09. The first kappa shape index (κ1) is 34.8. The Labute approximate surface area is 275 Å². The molecule has 47 heavy (non-hydrogen) atoms. The van der Waals surface area contributed by atoms with Crippen LogP contribution in [0, 0.1) is 5.82 Å². The van der Waals surface area contributed by atoms with E-state index in [0.717, 1.165) is 35.1 Å². The van der Waals surface area contributed by atoms with Gasteiger partial charge in [-0.3, -0.25) is 28.5 Å². The number of hydrogen-bond donors (Lipinski definition) is 0. The topological polar surface area (TPSA) is 148 Å². The molecule has 4 amide bonds. The number of anilines is 1. The minimum absolute atomic E-state index is 0.0988. The summed E-state index contributed by atoms with van der Waals surface area (Å²) in [5.41, 5.74) is 0.526. The number of amides is 4.